The number of carbonyl (C=O) groups is 1. The van der Waals surface area contributed by atoms with Gasteiger partial charge >= 0.3 is 18.4 Å². The van der Waals surface area contributed by atoms with Gasteiger partial charge in [-0.25, -0.2) is 9.18 Å². The Morgan fingerprint density at radius 2 is 1.55 bits per heavy atom. The van der Waals surface area contributed by atoms with Crippen molar-refractivity contribution in [3.05, 3.63) is 53.8 Å². The zero-order valence-corrected chi connectivity index (χ0v) is 15.8. The van der Waals surface area contributed by atoms with Crippen LogP contribution in [-0.4, -0.2) is 30.7 Å². The monoisotopic (exact) mass is 452 g/mol. The van der Waals surface area contributed by atoms with Crippen molar-refractivity contribution >= 4 is 11.7 Å². The maximum absolute atomic E-state index is 13.3. The Kier molecular flexibility index (Phi) is 5.68. The van der Waals surface area contributed by atoms with Gasteiger partial charge in [-0.15, -0.1) is 0 Å². The lowest BCUT2D eigenvalue weighted by Gasteiger charge is -2.36. The number of hydrogen-bond donors (Lipinski definition) is 1. The van der Waals surface area contributed by atoms with Crippen molar-refractivity contribution < 1.29 is 45.0 Å². The summed E-state index contributed by atoms with van der Waals surface area (Å²) in [5, 5.41) is 1.05. The van der Waals surface area contributed by atoms with Crippen LogP contribution in [0.25, 0.3) is 0 Å². The molecule has 0 saturated heterocycles. The lowest BCUT2D eigenvalue weighted by molar-refractivity contribution is -0.297. The molecule has 3 rings (SSSR count). The number of anilines is 1. The third-order valence-corrected chi connectivity index (χ3v) is 4.65. The molecule has 2 amide bonds. The van der Waals surface area contributed by atoms with E-state index in [4.69, 9.17) is 9.47 Å². The van der Waals surface area contributed by atoms with Crippen molar-refractivity contribution in [3.8, 4) is 11.5 Å². The summed E-state index contributed by atoms with van der Waals surface area (Å²) in [4.78, 5) is 13.3. The third-order valence-electron chi connectivity index (χ3n) is 4.65. The van der Waals surface area contributed by atoms with Crippen molar-refractivity contribution in [1.29, 1.82) is 0 Å². The molecular formula is C19H15F7N2O3. The minimum Gasteiger partial charge on any atom is -0.454 e. The number of nitrogens with zero attached hydrogens (tertiary/aromatic N) is 1. The Labute approximate surface area is 171 Å². The van der Waals surface area contributed by atoms with E-state index in [0.717, 1.165) is 29.6 Å². The first-order valence-corrected chi connectivity index (χ1v) is 8.69. The zero-order valence-electron chi connectivity index (χ0n) is 15.8. The quantitative estimate of drug-likeness (QED) is 0.653. The Balaban J connectivity index is 1.96. The van der Waals surface area contributed by atoms with Gasteiger partial charge in [-0.1, -0.05) is 6.07 Å². The largest absolute Gasteiger partial charge is 0.454 e. The molecule has 1 aliphatic rings. The average Bonchev–Trinajstić information content (AvgIpc) is 3.13. The van der Waals surface area contributed by atoms with E-state index in [9.17, 15) is 35.5 Å². The van der Waals surface area contributed by atoms with E-state index >= 15 is 0 Å². The minimum atomic E-state index is -5.83. The molecule has 31 heavy (non-hydrogen) atoms. The molecule has 0 fully saturated rings. The SMILES string of the molecule is CC(NC(=O)N(Cc1ccc2c(c1)OCO2)c1ccc(F)cc1)(C(F)(F)F)C(F)(F)F. The van der Waals surface area contributed by atoms with E-state index in [1.807, 2.05) is 0 Å². The van der Waals surface area contributed by atoms with E-state index in [1.165, 1.54) is 18.2 Å². The molecule has 1 aliphatic heterocycles. The van der Waals surface area contributed by atoms with Crippen molar-refractivity contribution in [2.75, 3.05) is 11.7 Å². The fraction of sp³-hybridized carbons (Fsp3) is 0.316. The van der Waals surface area contributed by atoms with Gasteiger partial charge < -0.3 is 14.8 Å². The number of urea groups is 1. The van der Waals surface area contributed by atoms with Crippen LogP contribution in [0.5, 0.6) is 11.5 Å². The molecular weight excluding hydrogens is 437 g/mol. The second kappa shape index (κ2) is 7.82. The standard InChI is InChI=1S/C19H15F7N2O3/c1-17(18(21,22)23,19(24,25)26)27-16(29)28(13-5-3-12(20)4-6-13)9-11-2-7-14-15(8-11)31-10-30-14/h2-8H,9-10H2,1H3,(H,27,29). The zero-order chi connectivity index (χ0) is 23.0. The van der Waals surface area contributed by atoms with Gasteiger partial charge in [-0.2, -0.15) is 26.3 Å². The fourth-order valence-electron chi connectivity index (χ4n) is 2.71. The summed E-state index contributed by atoms with van der Waals surface area (Å²) in [6.45, 7) is -0.662. The maximum atomic E-state index is 13.3. The molecule has 2 aromatic carbocycles. The molecule has 0 bridgehead atoms. The Bertz CT molecular complexity index is 944. The highest BCUT2D eigenvalue weighted by atomic mass is 19.4. The molecule has 5 nitrogen and oxygen atoms in total. The van der Waals surface area contributed by atoms with Crippen LogP contribution in [0.2, 0.25) is 0 Å². The molecule has 168 valence electrons. The smallest absolute Gasteiger partial charge is 0.420 e. The van der Waals surface area contributed by atoms with Crippen LogP contribution < -0.4 is 19.7 Å². The molecule has 12 heteroatoms. The Morgan fingerprint density at radius 3 is 2.13 bits per heavy atom. The normalized spacial score (nSPS) is 13.8. The molecule has 0 saturated carbocycles. The van der Waals surface area contributed by atoms with E-state index in [2.05, 4.69) is 0 Å². The van der Waals surface area contributed by atoms with Crippen LogP contribution in [0.3, 0.4) is 0 Å². The van der Waals surface area contributed by atoms with Gasteiger partial charge in [0.2, 0.25) is 12.3 Å². The lowest BCUT2D eigenvalue weighted by Crippen LogP contribution is -2.67. The molecule has 0 aromatic heterocycles. The van der Waals surface area contributed by atoms with Crippen molar-refractivity contribution in [2.24, 2.45) is 0 Å². The summed E-state index contributed by atoms with van der Waals surface area (Å²) in [7, 11) is 0. The minimum absolute atomic E-state index is 0.0591. The third kappa shape index (κ3) is 4.47. The van der Waals surface area contributed by atoms with Gasteiger partial charge in [-0.3, -0.25) is 4.90 Å². The number of alkyl halides is 6. The summed E-state index contributed by atoms with van der Waals surface area (Å²) < 4.78 is 103. The number of fused-ring (bicyclic) bond motifs is 1. The van der Waals surface area contributed by atoms with Crippen molar-refractivity contribution in [1.82, 2.24) is 5.32 Å². The van der Waals surface area contributed by atoms with Gasteiger partial charge in [0, 0.05) is 5.69 Å². The Hall–Kier alpha value is -3.18. The van der Waals surface area contributed by atoms with Crippen LogP contribution in [-0.2, 0) is 6.54 Å². The second-order valence-electron chi connectivity index (χ2n) is 6.80. The first kappa shape index (κ1) is 22.5. The van der Waals surface area contributed by atoms with Crippen molar-refractivity contribution in [2.45, 2.75) is 31.4 Å². The predicted octanol–water partition coefficient (Wildman–Crippen LogP) is 5.15. The summed E-state index contributed by atoms with van der Waals surface area (Å²) >= 11 is 0. The first-order valence-electron chi connectivity index (χ1n) is 8.69. The molecule has 0 spiro atoms. The first-order chi connectivity index (χ1) is 14.3. The molecule has 0 atom stereocenters. The number of ether oxygens (including phenoxy) is 2. The van der Waals surface area contributed by atoms with Crippen LogP contribution in [0.4, 0.5) is 41.2 Å². The molecule has 0 unspecified atom stereocenters. The summed E-state index contributed by atoms with van der Waals surface area (Å²) in [6, 6.07) is 6.64. The van der Waals surface area contributed by atoms with Gasteiger partial charge in [0.1, 0.15) is 5.82 Å². The predicted molar refractivity (Wildman–Crippen MR) is 94.2 cm³/mol. The Morgan fingerprint density at radius 1 is 0.968 bits per heavy atom. The number of benzene rings is 2. The van der Waals surface area contributed by atoms with Crippen molar-refractivity contribution in [3.63, 3.8) is 0 Å². The number of carbonyl (C=O) groups excluding carboxylic acids is 1. The highest BCUT2D eigenvalue weighted by Gasteiger charge is 2.69. The van der Waals surface area contributed by atoms with E-state index in [-0.39, 0.29) is 19.4 Å². The van der Waals surface area contributed by atoms with Gasteiger partial charge in [0.25, 0.3) is 0 Å². The highest BCUT2D eigenvalue weighted by molar-refractivity contribution is 5.92. The van der Waals surface area contributed by atoms with E-state index in [1.54, 1.807) is 0 Å². The van der Waals surface area contributed by atoms with E-state index < -0.39 is 36.3 Å². The maximum Gasteiger partial charge on any atom is 0.420 e. The molecule has 1 N–H and O–H groups in total. The van der Waals surface area contributed by atoms with Gasteiger partial charge in [0.15, 0.2) is 11.5 Å². The number of hydrogen-bond acceptors (Lipinski definition) is 3. The van der Waals surface area contributed by atoms with E-state index in [0.29, 0.717) is 22.0 Å². The highest BCUT2D eigenvalue weighted by Crippen LogP contribution is 2.43. The second-order valence-corrected chi connectivity index (χ2v) is 6.80. The molecule has 0 aliphatic carbocycles. The van der Waals surface area contributed by atoms with Gasteiger partial charge in [0.05, 0.1) is 6.54 Å². The number of nitrogens with one attached hydrogen (secondary N) is 1. The van der Waals surface area contributed by atoms with Crippen LogP contribution in [0.15, 0.2) is 42.5 Å². The van der Waals surface area contributed by atoms with Crippen LogP contribution in [0, 0.1) is 5.82 Å². The number of amides is 2. The number of halogens is 7. The van der Waals surface area contributed by atoms with Gasteiger partial charge in [-0.05, 0) is 48.9 Å². The number of rotatable bonds is 4. The molecule has 1 heterocycles. The average molecular weight is 452 g/mol. The topological polar surface area (TPSA) is 50.8 Å². The summed E-state index contributed by atoms with van der Waals surface area (Å²) in [6.07, 6.45) is -11.7. The lowest BCUT2D eigenvalue weighted by atomic mass is 10.0. The summed E-state index contributed by atoms with van der Waals surface area (Å²) in [5.41, 5.74) is -4.31. The summed E-state index contributed by atoms with van der Waals surface area (Å²) in [5.74, 6) is -0.0155. The fourth-order valence-corrected chi connectivity index (χ4v) is 2.71. The molecule has 0 radical (unpaired) electrons. The molecule has 2 aromatic rings. The van der Waals surface area contributed by atoms with Crippen LogP contribution >= 0.6 is 0 Å². The van der Waals surface area contributed by atoms with Crippen LogP contribution in [0.1, 0.15) is 12.5 Å².